The molecular weight excluding hydrogens is 360 g/mol. The van der Waals surface area contributed by atoms with Crippen LogP contribution in [-0.2, 0) is 0 Å². The van der Waals surface area contributed by atoms with Crippen LogP contribution in [0.4, 0.5) is 0 Å². The Kier molecular flexibility index (Phi) is 7.24. The number of aliphatic hydroxyl groups is 3. The van der Waals surface area contributed by atoms with Crippen molar-refractivity contribution >= 4 is 0 Å². The molecule has 7 atom stereocenters. The van der Waals surface area contributed by atoms with E-state index in [9.17, 15) is 15.3 Å². The minimum Gasteiger partial charge on any atom is -0.393 e. The summed E-state index contributed by atoms with van der Waals surface area (Å²) in [5, 5.41) is 29.7. The molecule has 0 aromatic heterocycles. The van der Waals surface area contributed by atoms with E-state index in [0.717, 1.165) is 12.0 Å². The van der Waals surface area contributed by atoms with E-state index in [4.69, 9.17) is 0 Å². The summed E-state index contributed by atoms with van der Waals surface area (Å²) < 4.78 is 0. The predicted octanol–water partition coefficient (Wildman–Crippen LogP) is 5.09. The standard InChI is InChI=1S/C26H40O3/c1-17(7-5-8-18(2)27)22-12-13-23-21(9-6-14-26(22,23)4)11-10-20-15-24(28)19(3)25(29)16-20/h5,7,10-11,17-18,22-25,27-29H,3,6,8-9,12-16H2,1-2,4H3/t17-,18+,22-,23+,24-,25-,26-/m1/s1. The molecule has 0 aromatic rings. The van der Waals surface area contributed by atoms with E-state index in [2.05, 4.69) is 44.7 Å². The largest absolute Gasteiger partial charge is 0.393 e. The van der Waals surface area contributed by atoms with Crippen LogP contribution in [0.1, 0.15) is 72.1 Å². The van der Waals surface area contributed by atoms with Gasteiger partial charge in [-0.1, -0.05) is 55.9 Å². The average Bonchev–Trinajstić information content (AvgIpc) is 3.01. The Balaban J connectivity index is 1.72. The van der Waals surface area contributed by atoms with E-state index in [1.54, 1.807) is 5.57 Å². The number of rotatable bonds is 5. The molecule has 0 aliphatic heterocycles. The van der Waals surface area contributed by atoms with E-state index in [0.29, 0.717) is 41.6 Å². The zero-order chi connectivity index (χ0) is 21.2. The highest BCUT2D eigenvalue weighted by molar-refractivity contribution is 5.29. The summed E-state index contributed by atoms with van der Waals surface area (Å²) >= 11 is 0. The summed E-state index contributed by atoms with van der Waals surface area (Å²) in [4.78, 5) is 0. The van der Waals surface area contributed by atoms with Crippen LogP contribution in [0.25, 0.3) is 0 Å². The second-order valence-electron chi connectivity index (χ2n) is 10.0. The Morgan fingerprint density at radius 2 is 1.83 bits per heavy atom. The fraction of sp³-hybridized carbons (Fsp3) is 0.692. The van der Waals surface area contributed by atoms with Crippen molar-refractivity contribution < 1.29 is 15.3 Å². The minimum atomic E-state index is -0.620. The van der Waals surface area contributed by atoms with Crippen LogP contribution in [0.5, 0.6) is 0 Å². The summed E-state index contributed by atoms with van der Waals surface area (Å²) in [6.45, 7) is 10.5. The van der Waals surface area contributed by atoms with E-state index in [1.807, 2.05) is 6.92 Å². The third kappa shape index (κ3) is 4.95. The number of allylic oxidation sites excluding steroid dienone is 4. The molecule has 3 heteroatoms. The van der Waals surface area contributed by atoms with Crippen LogP contribution >= 0.6 is 0 Å². The monoisotopic (exact) mass is 400 g/mol. The van der Waals surface area contributed by atoms with Crippen molar-refractivity contribution in [2.75, 3.05) is 0 Å². The molecule has 0 radical (unpaired) electrons. The fourth-order valence-electron chi connectivity index (χ4n) is 6.19. The first-order chi connectivity index (χ1) is 13.7. The second kappa shape index (κ2) is 9.32. The van der Waals surface area contributed by atoms with Crippen molar-refractivity contribution in [2.24, 2.45) is 23.2 Å². The van der Waals surface area contributed by atoms with Crippen LogP contribution < -0.4 is 0 Å². The number of fused-ring (bicyclic) bond motifs is 1. The summed E-state index contributed by atoms with van der Waals surface area (Å²) in [7, 11) is 0. The molecule has 3 saturated carbocycles. The van der Waals surface area contributed by atoms with Gasteiger partial charge in [0.05, 0.1) is 18.3 Å². The van der Waals surface area contributed by atoms with Gasteiger partial charge in [0.25, 0.3) is 0 Å². The third-order valence-corrected chi connectivity index (χ3v) is 7.89. The zero-order valence-electron chi connectivity index (χ0n) is 18.5. The van der Waals surface area contributed by atoms with E-state index >= 15 is 0 Å². The van der Waals surface area contributed by atoms with E-state index < -0.39 is 12.2 Å². The molecule has 29 heavy (non-hydrogen) atoms. The summed E-state index contributed by atoms with van der Waals surface area (Å²) in [5.74, 6) is 1.87. The molecule has 162 valence electrons. The molecule has 0 aromatic carbocycles. The highest BCUT2D eigenvalue weighted by Crippen LogP contribution is 2.59. The van der Waals surface area contributed by atoms with Gasteiger partial charge in [-0.25, -0.2) is 0 Å². The molecule has 0 spiro atoms. The Morgan fingerprint density at radius 1 is 1.14 bits per heavy atom. The molecule has 3 aliphatic carbocycles. The molecule has 0 heterocycles. The van der Waals surface area contributed by atoms with E-state index in [1.165, 1.54) is 32.1 Å². The van der Waals surface area contributed by atoms with Gasteiger partial charge in [-0.3, -0.25) is 0 Å². The maximum absolute atomic E-state index is 10.1. The van der Waals surface area contributed by atoms with Crippen molar-refractivity contribution in [3.05, 3.63) is 47.6 Å². The van der Waals surface area contributed by atoms with E-state index in [-0.39, 0.29) is 6.10 Å². The molecule has 3 nitrogen and oxygen atoms in total. The summed E-state index contributed by atoms with van der Waals surface area (Å²) in [6, 6.07) is 0. The van der Waals surface area contributed by atoms with Crippen LogP contribution in [0.3, 0.4) is 0 Å². The van der Waals surface area contributed by atoms with Crippen molar-refractivity contribution in [3.8, 4) is 0 Å². The number of hydrogen-bond donors (Lipinski definition) is 3. The van der Waals surface area contributed by atoms with Crippen LogP contribution in [0.15, 0.2) is 47.6 Å². The highest BCUT2D eigenvalue weighted by atomic mass is 16.3. The zero-order valence-corrected chi connectivity index (χ0v) is 18.5. The molecule has 3 N–H and O–H groups in total. The molecule has 3 aliphatic rings. The van der Waals surface area contributed by atoms with Gasteiger partial charge in [0.1, 0.15) is 0 Å². The fourth-order valence-corrected chi connectivity index (χ4v) is 6.19. The van der Waals surface area contributed by atoms with Gasteiger partial charge in [-0.15, -0.1) is 0 Å². The van der Waals surface area contributed by atoms with Gasteiger partial charge in [0.15, 0.2) is 0 Å². The summed E-state index contributed by atoms with van der Waals surface area (Å²) in [6.07, 6.45) is 15.6. The lowest BCUT2D eigenvalue weighted by Crippen LogP contribution is -2.35. The summed E-state index contributed by atoms with van der Waals surface area (Å²) in [5.41, 5.74) is 3.58. The van der Waals surface area contributed by atoms with Crippen LogP contribution in [0, 0.1) is 23.2 Å². The Morgan fingerprint density at radius 3 is 2.48 bits per heavy atom. The van der Waals surface area contributed by atoms with Gasteiger partial charge < -0.3 is 15.3 Å². The number of aliphatic hydroxyl groups excluding tert-OH is 3. The Labute approximate surface area is 176 Å². The molecule has 0 bridgehead atoms. The molecular formula is C26H40O3. The maximum atomic E-state index is 10.1. The molecule has 3 fully saturated rings. The SMILES string of the molecule is C=C1[C@H](O)CC(=CC=C2CCC[C@]3(C)[C@@H]([C@H](C)C=CC[C@H](C)O)CC[C@@H]23)C[C@H]1O. The first kappa shape index (κ1) is 22.5. The van der Waals surface area contributed by atoms with Crippen molar-refractivity contribution in [1.82, 2.24) is 0 Å². The average molecular weight is 401 g/mol. The smallest absolute Gasteiger partial charge is 0.0809 e. The van der Waals surface area contributed by atoms with Crippen molar-refractivity contribution in [2.45, 2.75) is 90.4 Å². The topological polar surface area (TPSA) is 60.7 Å². The Bertz CT molecular complexity index is 670. The lowest BCUT2D eigenvalue weighted by atomic mass is 9.61. The minimum absolute atomic E-state index is 0.267. The van der Waals surface area contributed by atoms with Gasteiger partial charge in [-0.2, -0.15) is 0 Å². The normalized spacial score (nSPS) is 39.0. The predicted molar refractivity (Wildman–Crippen MR) is 119 cm³/mol. The Hall–Kier alpha value is -1.16. The molecule has 0 saturated heterocycles. The molecule has 0 unspecified atom stereocenters. The van der Waals surface area contributed by atoms with Crippen LogP contribution in [0.2, 0.25) is 0 Å². The quantitative estimate of drug-likeness (QED) is 0.563. The van der Waals surface area contributed by atoms with Gasteiger partial charge in [-0.05, 0) is 87.0 Å². The first-order valence-electron chi connectivity index (χ1n) is 11.5. The van der Waals surface area contributed by atoms with Gasteiger partial charge in [0, 0.05) is 0 Å². The first-order valence-corrected chi connectivity index (χ1v) is 11.5. The van der Waals surface area contributed by atoms with Gasteiger partial charge >= 0.3 is 0 Å². The highest BCUT2D eigenvalue weighted by Gasteiger charge is 2.50. The molecule has 3 rings (SSSR count). The van der Waals surface area contributed by atoms with Crippen molar-refractivity contribution in [1.29, 1.82) is 0 Å². The van der Waals surface area contributed by atoms with Crippen LogP contribution in [-0.4, -0.2) is 33.6 Å². The third-order valence-electron chi connectivity index (χ3n) is 7.89. The van der Waals surface area contributed by atoms with Gasteiger partial charge in [0.2, 0.25) is 0 Å². The maximum Gasteiger partial charge on any atom is 0.0809 e. The lowest BCUT2D eigenvalue weighted by Gasteiger charge is -2.44. The molecule has 0 amide bonds. The lowest BCUT2D eigenvalue weighted by molar-refractivity contribution is 0.112. The number of hydrogen-bond acceptors (Lipinski definition) is 3. The second-order valence-corrected chi connectivity index (χ2v) is 10.0. The van der Waals surface area contributed by atoms with Crippen molar-refractivity contribution in [3.63, 3.8) is 0 Å².